The number of carbonyl (C=O) groups is 2. The van der Waals surface area contributed by atoms with Gasteiger partial charge in [0, 0.05) is 0 Å². The molecule has 82 valence electrons. The lowest BCUT2D eigenvalue weighted by atomic mass is 10.1. The number of esters is 1. The molecule has 0 aromatic heterocycles. The molecule has 0 fully saturated rings. The Morgan fingerprint density at radius 2 is 2.25 bits per heavy atom. The van der Waals surface area contributed by atoms with Gasteiger partial charge in [0.05, 0.1) is 5.56 Å². The van der Waals surface area contributed by atoms with Crippen molar-refractivity contribution in [3.63, 3.8) is 0 Å². The zero-order chi connectivity index (χ0) is 11.8. The molecule has 0 bridgehead atoms. The van der Waals surface area contributed by atoms with Crippen molar-refractivity contribution in [1.29, 1.82) is 0 Å². The molecule has 0 saturated carbocycles. The maximum atomic E-state index is 11.5. The molecule has 0 unspecified atom stereocenters. The Kier molecular flexibility index (Phi) is 4.73. The Morgan fingerprint density at radius 1 is 1.44 bits per heavy atom. The van der Waals surface area contributed by atoms with Crippen LogP contribution in [0.3, 0.4) is 0 Å². The standard InChI is InChI=1S/C13H12O3/c1-2-9-16-13(15)12-7-3-5-11(10-12)6-4-8-14/h2-8,10H,1,9H2. The van der Waals surface area contributed by atoms with E-state index < -0.39 is 5.97 Å². The molecule has 0 aliphatic heterocycles. The van der Waals surface area contributed by atoms with Gasteiger partial charge in [0.2, 0.25) is 0 Å². The molecule has 0 radical (unpaired) electrons. The van der Waals surface area contributed by atoms with Crippen molar-refractivity contribution in [3.8, 4) is 0 Å². The summed E-state index contributed by atoms with van der Waals surface area (Å²) >= 11 is 0. The molecular formula is C13H12O3. The number of carbonyl (C=O) groups excluding carboxylic acids is 2. The molecule has 0 amide bonds. The van der Waals surface area contributed by atoms with Crippen LogP contribution in [0.15, 0.2) is 43.0 Å². The maximum absolute atomic E-state index is 11.5. The van der Waals surface area contributed by atoms with Gasteiger partial charge in [-0.05, 0) is 23.8 Å². The van der Waals surface area contributed by atoms with Crippen molar-refractivity contribution in [2.45, 2.75) is 0 Å². The molecule has 0 spiro atoms. The van der Waals surface area contributed by atoms with Gasteiger partial charge in [0.25, 0.3) is 0 Å². The smallest absolute Gasteiger partial charge is 0.338 e. The molecule has 0 N–H and O–H groups in total. The van der Waals surface area contributed by atoms with E-state index >= 15 is 0 Å². The number of benzene rings is 1. The molecule has 1 aromatic rings. The second kappa shape index (κ2) is 6.35. The first kappa shape index (κ1) is 11.9. The minimum atomic E-state index is -0.402. The maximum Gasteiger partial charge on any atom is 0.338 e. The fourth-order valence-corrected chi connectivity index (χ4v) is 1.14. The summed E-state index contributed by atoms with van der Waals surface area (Å²) in [6, 6.07) is 6.84. The van der Waals surface area contributed by atoms with Crippen molar-refractivity contribution in [3.05, 3.63) is 54.1 Å². The lowest BCUT2D eigenvalue weighted by molar-refractivity contribution is -0.104. The van der Waals surface area contributed by atoms with Gasteiger partial charge in [0.15, 0.2) is 0 Å². The SMILES string of the molecule is C=CCOC(=O)c1cccc(C=CC=O)c1. The number of ether oxygens (including phenoxy) is 1. The van der Waals surface area contributed by atoms with Crippen LogP contribution in [0.25, 0.3) is 6.08 Å². The van der Waals surface area contributed by atoms with Gasteiger partial charge in [-0.1, -0.05) is 30.9 Å². The van der Waals surface area contributed by atoms with Crippen molar-refractivity contribution < 1.29 is 14.3 Å². The Morgan fingerprint density at radius 3 is 2.94 bits per heavy atom. The topological polar surface area (TPSA) is 43.4 Å². The fourth-order valence-electron chi connectivity index (χ4n) is 1.14. The predicted molar refractivity (Wildman–Crippen MR) is 62.0 cm³/mol. The normalized spacial score (nSPS) is 10.0. The minimum Gasteiger partial charge on any atom is -0.458 e. The average Bonchev–Trinajstić information content (AvgIpc) is 2.33. The van der Waals surface area contributed by atoms with Crippen LogP contribution in [-0.2, 0) is 9.53 Å². The van der Waals surface area contributed by atoms with Gasteiger partial charge in [-0.25, -0.2) is 4.79 Å². The molecule has 1 aromatic carbocycles. The third-order valence-electron chi connectivity index (χ3n) is 1.82. The van der Waals surface area contributed by atoms with Crippen LogP contribution in [-0.4, -0.2) is 18.9 Å². The largest absolute Gasteiger partial charge is 0.458 e. The molecular weight excluding hydrogens is 204 g/mol. The van der Waals surface area contributed by atoms with Gasteiger partial charge in [-0.15, -0.1) is 0 Å². The molecule has 3 nitrogen and oxygen atoms in total. The van der Waals surface area contributed by atoms with Crippen LogP contribution in [0.5, 0.6) is 0 Å². The van der Waals surface area contributed by atoms with Crippen LogP contribution in [0.2, 0.25) is 0 Å². The summed E-state index contributed by atoms with van der Waals surface area (Å²) < 4.78 is 4.89. The number of aldehydes is 1. The molecule has 16 heavy (non-hydrogen) atoms. The highest BCUT2D eigenvalue weighted by molar-refractivity contribution is 5.90. The van der Waals surface area contributed by atoms with E-state index in [-0.39, 0.29) is 6.61 Å². The zero-order valence-corrected chi connectivity index (χ0v) is 8.76. The summed E-state index contributed by atoms with van der Waals surface area (Å²) in [5, 5.41) is 0. The number of hydrogen-bond donors (Lipinski definition) is 0. The Balaban J connectivity index is 2.80. The van der Waals surface area contributed by atoms with E-state index in [1.54, 1.807) is 30.3 Å². The molecule has 3 heteroatoms. The second-order valence-electron chi connectivity index (χ2n) is 3.01. The summed E-state index contributed by atoms with van der Waals surface area (Å²) in [5.74, 6) is -0.402. The zero-order valence-electron chi connectivity index (χ0n) is 8.76. The first-order valence-electron chi connectivity index (χ1n) is 4.78. The average molecular weight is 216 g/mol. The number of rotatable bonds is 5. The van der Waals surface area contributed by atoms with Crippen LogP contribution < -0.4 is 0 Å². The highest BCUT2D eigenvalue weighted by Gasteiger charge is 2.05. The van der Waals surface area contributed by atoms with Crippen LogP contribution >= 0.6 is 0 Å². The van der Waals surface area contributed by atoms with Crippen molar-refractivity contribution in [1.82, 2.24) is 0 Å². The first-order valence-corrected chi connectivity index (χ1v) is 4.78. The van der Waals surface area contributed by atoms with E-state index in [9.17, 15) is 9.59 Å². The fraction of sp³-hybridized carbons (Fsp3) is 0.0769. The molecule has 0 heterocycles. The van der Waals surface area contributed by atoms with Gasteiger partial charge in [0.1, 0.15) is 12.9 Å². The molecule has 1 rings (SSSR count). The highest BCUT2D eigenvalue weighted by Crippen LogP contribution is 2.08. The van der Waals surface area contributed by atoms with Crippen molar-refractivity contribution >= 4 is 18.3 Å². The summed E-state index contributed by atoms with van der Waals surface area (Å²) in [4.78, 5) is 21.6. The predicted octanol–water partition coefficient (Wildman–Crippen LogP) is 2.24. The van der Waals surface area contributed by atoms with Gasteiger partial charge in [-0.3, -0.25) is 4.79 Å². The first-order chi connectivity index (χ1) is 7.77. The molecule has 0 aliphatic rings. The Hall–Kier alpha value is -2.16. The van der Waals surface area contributed by atoms with Crippen molar-refractivity contribution in [2.24, 2.45) is 0 Å². The summed E-state index contributed by atoms with van der Waals surface area (Å²) in [7, 11) is 0. The van der Waals surface area contributed by atoms with Gasteiger partial charge < -0.3 is 4.74 Å². The monoisotopic (exact) mass is 216 g/mol. The summed E-state index contributed by atoms with van der Waals surface area (Å²) in [6.07, 6.45) is 5.18. The molecule has 0 aliphatic carbocycles. The lowest BCUT2D eigenvalue weighted by Gasteiger charge is -2.02. The van der Waals surface area contributed by atoms with Crippen LogP contribution in [0.4, 0.5) is 0 Å². The highest BCUT2D eigenvalue weighted by atomic mass is 16.5. The summed E-state index contributed by atoms with van der Waals surface area (Å²) in [6.45, 7) is 3.64. The number of hydrogen-bond acceptors (Lipinski definition) is 3. The number of allylic oxidation sites excluding steroid dienone is 1. The third-order valence-corrected chi connectivity index (χ3v) is 1.82. The van der Waals surface area contributed by atoms with E-state index in [2.05, 4.69) is 6.58 Å². The Labute approximate surface area is 94.0 Å². The van der Waals surface area contributed by atoms with Gasteiger partial charge >= 0.3 is 5.97 Å². The van der Waals surface area contributed by atoms with E-state index in [0.29, 0.717) is 11.8 Å². The molecule has 0 atom stereocenters. The van der Waals surface area contributed by atoms with E-state index in [4.69, 9.17) is 4.74 Å². The second-order valence-corrected chi connectivity index (χ2v) is 3.01. The van der Waals surface area contributed by atoms with Gasteiger partial charge in [-0.2, -0.15) is 0 Å². The quantitative estimate of drug-likeness (QED) is 0.328. The molecule has 0 saturated heterocycles. The van der Waals surface area contributed by atoms with Crippen LogP contribution in [0.1, 0.15) is 15.9 Å². The van der Waals surface area contributed by atoms with E-state index in [0.717, 1.165) is 5.56 Å². The van der Waals surface area contributed by atoms with Crippen molar-refractivity contribution in [2.75, 3.05) is 6.61 Å². The minimum absolute atomic E-state index is 0.188. The van der Waals surface area contributed by atoms with E-state index in [1.807, 2.05) is 0 Å². The van der Waals surface area contributed by atoms with Crippen LogP contribution in [0, 0.1) is 0 Å². The third kappa shape index (κ3) is 3.53. The Bertz CT molecular complexity index is 419. The van der Waals surface area contributed by atoms with E-state index in [1.165, 1.54) is 12.2 Å². The summed E-state index contributed by atoms with van der Waals surface area (Å²) in [5.41, 5.74) is 1.23. The lowest BCUT2D eigenvalue weighted by Crippen LogP contribution is -2.04.